The molecule has 0 aliphatic heterocycles. The average Bonchev–Trinajstić information content (AvgIpc) is 2.29. The summed E-state index contributed by atoms with van der Waals surface area (Å²) in [5, 5.41) is 8.22. The van der Waals surface area contributed by atoms with E-state index < -0.39 is 15.1 Å². The fourth-order valence-corrected chi connectivity index (χ4v) is 3.35. The summed E-state index contributed by atoms with van der Waals surface area (Å²) in [6.45, 7) is 3.26. The summed E-state index contributed by atoms with van der Waals surface area (Å²) in [6.07, 6.45) is 1.74. The van der Waals surface area contributed by atoms with Crippen molar-refractivity contribution in [2.24, 2.45) is 0 Å². The lowest BCUT2D eigenvalue weighted by Crippen LogP contribution is -2.21. The molecule has 0 fully saturated rings. The number of alkyl halides is 1. The van der Waals surface area contributed by atoms with Crippen molar-refractivity contribution in [3.63, 3.8) is 0 Å². The van der Waals surface area contributed by atoms with Gasteiger partial charge in [-0.1, -0.05) is 0 Å². The number of hydrogen-bond acceptors (Lipinski definition) is 4. The number of rotatable bonds is 4. The average molecular weight is 273 g/mol. The van der Waals surface area contributed by atoms with Crippen LogP contribution in [0, 0.1) is 18.3 Å². The zero-order chi connectivity index (χ0) is 13.1. The molecule has 0 bridgehead atoms. The third-order valence-electron chi connectivity index (χ3n) is 2.55. The first-order valence-corrected chi connectivity index (χ1v) is 7.18. The molecule has 6 heteroatoms. The van der Waals surface area contributed by atoms with Crippen LogP contribution in [0.25, 0.3) is 0 Å². The maximum atomic E-state index is 12.2. The quantitative estimate of drug-likeness (QED) is 0.787. The molecule has 1 aromatic rings. The molecule has 0 saturated carbocycles. The SMILES string of the molecule is Cc1ccnc(S(=O)(=O)C(C)CCCl)c1C#N. The first-order valence-electron chi connectivity index (χ1n) is 5.10. The van der Waals surface area contributed by atoms with Gasteiger partial charge in [-0.05, 0) is 31.9 Å². The number of aryl methyl sites for hydroxylation is 1. The number of nitrogens with zero attached hydrogens (tertiary/aromatic N) is 2. The van der Waals surface area contributed by atoms with Gasteiger partial charge >= 0.3 is 0 Å². The van der Waals surface area contributed by atoms with Crippen molar-refractivity contribution in [2.45, 2.75) is 30.5 Å². The van der Waals surface area contributed by atoms with Gasteiger partial charge in [0.1, 0.15) is 6.07 Å². The highest BCUT2D eigenvalue weighted by atomic mass is 35.5. The van der Waals surface area contributed by atoms with Crippen LogP contribution in [0.1, 0.15) is 24.5 Å². The van der Waals surface area contributed by atoms with E-state index in [9.17, 15) is 8.42 Å². The van der Waals surface area contributed by atoms with Gasteiger partial charge in [-0.25, -0.2) is 13.4 Å². The molecule has 0 N–H and O–H groups in total. The van der Waals surface area contributed by atoms with E-state index in [1.165, 1.54) is 6.20 Å². The lowest BCUT2D eigenvalue weighted by atomic mass is 10.2. The number of hydrogen-bond donors (Lipinski definition) is 0. The molecule has 17 heavy (non-hydrogen) atoms. The Kier molecular flexibility index (Phi) is 4.49. The van der Waals surface area contributed by atoms with Crippen molar-refractivity contribution in [1.29, 1.82) is 5.26 Å². The van der Waals surface area contributed by atoms with Crippen molar-refractivity contribution in [1.82, 2.24) is 4.98 Å². The molecule has 0 saturated heterocycles. The normalized spacial score (nSPS) is 13.1. The summed E-state index contributed by atoms with van der Waals surface area (Å²) in [4.78, 5) is 3.83. The van der Waals surface area contributed by atoms with Gasteiger partial charge in [0.05, 0.1) is 10.8 Å². The van der Waals surface area contributed by atoms with Crippen LogP contribution < -0.4 is 0 Å². The van der Waals surface area contributed by atoms with Gasteiger partial charge < -0.3 is 0 Å². The molecule has 0 spiro atoms. The zero-order valence-electron chi connectivity index (χ0n) is 9.64. The molecule has 1 unspecified atom stereocenters. The molecule has 1 rings (SSSR count). The minimum atomic E-state index is -3.58. The molecule has 92 valence electrons. The Balaban J connectivity index is 3.35. The fraction of sp³-hybridized carbons (Fsp3) is 0.455. The maximum Gasteiger partial charge on any atom is 0.199 e. The predicted molar refractivity (Wildman–Crippen MR) is 65.7 cm³/mol. The number of pyridine rings is 1. The summed E-state index contributed by atoms with van der Waals surface area (Å²) < 4.78 is 24.4. The second-order valence-corrected chi connectivity index (χ2v) is 6.41. The molecule has 1 atom stereocenters. The Bertz CT molecular complexity index is 549. The zero-order valence-corrected chi connectivity index (χ0v) is 11.2. The number of halogens is 1. The summed E-state index contributed by atoms with van der Waals surface area (Å²) in [5.74, 6) is 0.258. The predicted octanol–water partition coefficient (Wildman–Crippen LogP) is 2.05. The van der Waals surface area contributed by atoms with Crippen LogP contribution >= 0.6 is 11.6 Å². The minimum absolute atomic E-state index is 0.119. The van der Waals surface area contributed by atoms with Crippen molar-refractivity contribution in [2.75, 3.05) is 5.88 Å². The van der Waals surface area contributed by atoms with Gasteiger partial charge in [0.15, 0.2) is 14.9 Å². The Morgan fingerprint density at radius 3 is 2.76 bits per heavy atom. The standard InChI is InChI=1S/C11H13ClN2O2S/c1-8-4-6-14-11(10(8)7-13)17(15,16)9(2)3-5-12/h4,6,9H,3,5H2,1-2H3. The first-order chi connectivity index (χ1) is 7.95. The minimum Gasteiger partial charge on any atom is -0.243 e. The molecular weight excluding hydrogens is 260 g/mol. The smallest absolute Gasteiger partial charge is 0.199 e. The van der Waals surface area contributed by atoms with Crippen molar-refractivity contribution in [3.8, 4) is 6.07 Å². The van der Waals surface area contributed by atoms with Crippen molar-refractivity contribution in [3.05, 3.63) is 23.4 Å². The second kappa shape index (κ2) is 5.48. The summed E-state index contributed by atoms with van der Waals surface area (Å²) in [6, 6.07) is 3.51. The highest BCUT2D eigenvalue weighted by Crippen LogP contribution is 2.21. The van der Waals surface area contributed by atoms with Crippen LogP contribution in [0.3, 0.4) is 0 Å². The molecule has 1 aromatic heterocycles. The Hall–Kier alpha value is -1.12. The van der Waals surface area contributed by atoms with Crippen LogP contribution in [-0.4, -0.2) is 24.5 Å². The van der Waals surface area contributed by atoms with Crippen LogP contribution in [-0.2, 0) is 9.84 Å². The first kappa shape index (κ1) is 13.9. The fourth-order valence-electron chi connectivity index (χ4n) is 1.38. The molecule has 1 heterocycles. The largest absolute Gasteiger partial charge is 0.243 e. The summed E-state index contributed by atoms with van der Waals surface area (Å²) >= 11 is 5.54. The molecule has 0 aliphatic rings. The van der Waals surface area contributed by atoms with Crippen LogP contribution in [0.5, 0.6) is 0 Å². The van der Waals surface area contributed by atoms with E-state index in [4.69, 9.17) is 16.9 Å². The lowest BCUT2D eigenvalue weighted by Gasteiger charge is -2.12. The highest BCUT2D eigenvalue weighted by molar-refractivity contribution is 7.92. The molecule has 0 amide bonds. The van der Waals surface area contributed by atoms with E-state index in [0.717, 1.165) is 0 Å². The van der Waals surface area contributed by atoms with E-state index in [1.807, 2.05) is 6.07 Å². The Labute approximate surface area is 106 Å². The van der Waals surface area contributed by atoms with Crippen molar-refractivity contribution >= 4 is 21.4 Å². The van der Waals surface area contributed by atoms with E-state index in [0.29, 0.717) is 12.0 Å². The monoisotopic (exact) mass is 272 g/mol. The molecule has 4 nitrogen and oxygen atoms in total. The van der Waals surface area contributed by atoms with Crippen LogP contribution in [0.4, 0.5) is 0 Å². The van der Waals surface area contributed by atoms with Gasteiger partial charge in [0.2, 0.25) is 0 Å². The van der Waals surface area contributed by atoms with Crippen LogP contribution in [0.2, 0.25) is 0 Å². The Morgan fingerprint density at radius 2 is 2.24 bits per heavy atom. The molecule has 0 aliphatic carbocycles. The topological polar surface area (TPSA) is 70.8 Å². The van der Waals surface area contributed by atoms with Crippen LogP contribution in [0.15, 0.2) is 17.3 Å². The van der Waals surface area contributed by atoms with Gasteiger partial charge in [0, 0.05) is 12.1 Å². The summed E-state index contributed by atoms with van der Waals surface area (Å²) in [7, 11) is -3.58. The van der Waals surface area contributed by atoms with Gasteiger partial charge in [-0.3, -0.25) is 0 Å². The van der Waals surface area contributed by atoms with Gasteiger partial charge in [-0.15, -0.1) is 11.6 Å². The summed E-state index contributed by atoms with van der Waals surface area (Å²) in [5.41, 5.74) is 0.730. The van der Waals surface area contributed by atoms with E-state index >= 15 is 0 Å². The third-order valence-corrected chi connectivity index (χ3v) is 4.91. The number of sulfone groups is 1. The Morgan fingerprint density at radius 1 is 1.59 bits per heavy atom. The van der Waals surface area contributed by atoms with E-state index in [2.05, 4.69) is 4.98 Å². The number of nitriles is 1. The number of aromatic nitrogens is 1. The second-order valence-electron chi connectivity index (χ2n) is 3.75. The highest BCUT2D eigenvalue weighted by Gasteiger charge is 2.27. The van der Waals surface area contributed by atoms with Crippen molar-refractivity contribution < 1.29 is 8.42 Å². The van der Waals surface area contributed by atoms with Gasteiger partial charge in [-0.2, -0.15) is 5.26 Å². The van der Waals surface area contributed by atoms with E-state index in [1.54, 1.807) is 19.9 Å². The maximum absolute atomic E-state index is 12.2. The lowest BCUT2D eigenvalue weighted by molar-refractivity contribution is 0.577. The molecule has 0 radical (unpaired) electrons. The molecular formula is C11H13ClN2O2S. The molecule has 0 aromatic carbocycles. The van der Waals surface area contributed by atoms with E-state index in [-0.39, 0.29) is 16.5 Å². The van der Waals surface area contributed by atoms with Gasteiger partial charge in [0.25, 0.3) is 0 Å². The third kappa shape index (κ3) is 2.76.